The third-order valence-corrected chi connectivity index (χ3v) is 9.23. The minimum atomic E-state index is -3.31. The summed E-state index contributed by atoms with van der Waals surface area (Å²) >= 11 is 12.6. The number of benzene rings is 2. The first kappa shape index (κ1) is 25.5. The SMILES string of the molecule is Cc1c(Cl)ccc(OC2CC[N+](C(=O)c3ccc(S(C)(=O)=O)cc3)(C3CCNCC3)CC2)c1Cl. The van der Waals surface area contributed by atoms with Crippen molar-refractivity contribution >= 4 is 38.9 Å². The van der Waals surface area contributed by atoms with Crippen LogP contribution in [0, 0.1) is 6.92 Å². The van der Waals surface area contributed by atoms with Crippen LogP contribution in [0.1, 0.15) is 41.6 Å². The fraction of sp³-hybridized carbons (Fsp3) is 0.480. The third kappa shape index (κ3) is 5.14. The molecule has 0 atom stereocenters. The normalized spacial score (nSPS) is 24.1. The Kier molecular flexibility index (Phi) is 7.60. The molecule has 0 aromatic heterocycles. The Labute approximate surface area is 211 Å². The molecule has 184 valence electrons. The molecular weight excluding hydrogens is 495 g/mol. The Balaban J connectivity index is 1.56. The highest BCUT2D eigenvalue weighted by atomic mass is 35.5. The summed E-state index contributed by atoms with van der Waals surface area (Å²) in [4.78, 5) is 14.1. The van der Waals surface area contributed by atoms with Gasteiger partial charge in [0.1, 0.15) is 11.9 Å². The van der Waals surface area contributed by atoms with E-state index >= 15 is 0 Å². The second kappa shape index (κ2) is 10.2. The van der Waals surface area contributed by atoms with Gasteiger partial charge in [0.05, 0.1) is 34.6 Å². The molecule has 0 unspecified atom stereocenters. The van der Waals surface area contributed by atoms with Gasteiger partial charge in [-0.2, -0.15) is 0 Å². The molecule has 2 aromatic rings. The van der Waals surface area contributed by atoms with Gasteiger partial charge in [0.25, 0.3) is 0 Å². The average Bonchev–Trinajstić information content (AvgIpc) is 2.84. The third-order valence-electron chi connectivity index (χ3n) is 7.22. The number of halogens is 2. The summed E-state index contributed by atoms with van der Waals surface area (Å²) in [6.45, 7) is 5.00. The summed E-state index contributed by atoms with van der Waals surface area (Å²) in [5.41, 5.74) is 1.35. The highest BCUT2D eigenvalue weighted by Gasteiger charge is 2.48. The second-order valence-electron chi connectivity index (χ2n) is 9.37. The zero-order valence-corrected chi connectivity index (χ0v) is 21.8. The maximum atomic E-state index is 13.9. The summed E-state index contributed by atoms with van der Waals surface area (Å²) < 4.78 is 30.3. The molecule has 1 N–H and O–H groups in total. The summed E-state index contributed by atoms with van der Waals surface area (Å²) in [6, 6.07) is 10.2. The summed E-state index contributed by atoms with van der Waals surface area (Å²) in [7, 11) is -3.31. The average molecular weight is 527 g/mol. The number of carbonyl (C=O) groups is 1. The topological polar surface area (TPSA) is 72.5 Å². The van der Waals surface area contributed by atoms with Gasteiger partial charge in [0, 0.05) is 50.1 Å². The zero-order chi connectivity index (χ0) is 24.5. The smallest absolute Gasteiger partial charge is 0.346 e. The molecule has 2 aliphatic heterocycles. The van der Waals surface area contributed by atoms with E-state index in [0.29, 0.717) is 38.9 Å². The molecule has 2 saturated heterocycles. The molecule has 0 saturated carbocycles. The number of hydrogen-bond acceptors (Lipinski definition) is 5. The van der Waals surface area contributed by atoms with E-state index in [0.717, 1.165) is 44.3 Å². The number of sulfone groups is 1. The first-order chi connectivity index (χ1) is 16.1. The van der Waals surface area contributed by atoms with Crippen LogP contribution in [0.5, 0.6) is 5.75 Å². The van der Waals surface area contributed by atoms with Crippen LogP contribution >= 0.6 is 23.2 Å². The van der Waals surface area contributed by atoms with Gasteiger partial charge in [-0.05, 0) is 48.9 Å². The van der Waals surface area contributed by atoms with Gasteiger partial charge in [0.2, 0.25) is 0 Å². The lowest BCUT2D eigenvalue weighted by molar-refractivity contribution is -0.881. The van der Waals surface area contributed by atoms with E-state index in [1.165, 1.54) is 18.4 Å². The van der Waals surface area contributed by atoms with Gasteiger partial charge in [-0.15, -0.1) is 0 Å². The van der Waals surface area contributed by atoms with Crippen LogP contribution in [0.25, 0.3) is 0 Å². The maximum Gasteiger partial charge on any atom is 0.346 e. The van der Waals surface area contributed by atoms with E-state index in [1.807, 2.05) is 6.92 Å². The summed E-state index contributed by atoms with van der Waals surface area (Å²) in [5.74, 6) is 0.684. The van der Waals surface area contributed by atoms with Crippen molar-refractivity contribution in [1.29, 1.82) is 0 Å². The Hall–Kier alpha value is -1.64. The number of rotatable bonds is 5. The Morgan fingerprint density at radius 1 is 1.00 bits per heavy atom. The number of amides is 1. The van der Waals surface area contributed by atoms with Crippen molar-refractivity contribution in [1.82, 2.24) is 5.32 Å². The second-order valence-corrected chi connectivity index (χ2v) is 12.2. The van der Waals surface area contributed by atoms with Crippen molar-refractivity contribution in [2.24, 2.45) is 0 Å². The summed E-state index contributed by atoms with van der Waals surface area (Å²) in [6.07, 6.45) is 4.46. The molecule has 2 aromatic carbocycles. The first-order valence-electron chi connectivity index (χ1n) is 11.7. The van der Waals surface area contributed by atoms with Gasteiger partial charge in [0.15, 0.2) is 9.84 Å². The number of carbonyl (C=O) groups excluding carboxylic acids is 1. The number of nitrogens with one attached hydrogen (secondary N) is 1. The lowest BCUT2D eigenvalue weighted by atomic mass is 9.93. The quantitative estimate of drug-likeness (QED) is 0.574. The van der Waals surface area contributed by atoms with Gasteiger partial charge in [-0.25, -0.2) is 13.2 Å². The highest BCUT2D eigenvalue weighted by molar-refractivity contribution is 7.90. The molecule has 0 spiro atoms. The van der Waals surface area contributed by atoms with E-state index in [2.05, 4.69) is 5.32 Å². The molecule has 1 amide bonds. The number of piperidine rings is 2. The van der Waals surface area contributed by atoms with Crippen LogP contribution in [0.2, 0.25) is 10.0 Å². The van der Waals surface area contributed by atoms with Crippen LogP contribution in [-0.2, 0) is 9.84 Å². The van der Waals surface area contributed by atoms with Crippen molar-refractivity contribution in [3.63, 3.8) is 0 Å². The van der Waals surface area contributed by atoms with Crippen molar-refractivity contribution < 1.29 is 22.4 Å². The highest BCUT2D eigenvalue weighted by Crippen LogP contribution is 2.36. The van der Waals surface area contributed by atoms with Crippen LogP contribution in [0.3, 0.4) is 0 Å². The van der Waals surface area contributed by atoms with E-state index in [1.54, 1.807) is 24.3 Å². The lowest BCUT2D eigenvalue weighted by Gasteiger charge is -2.47. The first-order valence-corrected chi connectivity index (χ1v) is 14.3. The number of likely N-dealkylation sites (tertiary alicyclic amines) is 1. The van der Waals surface area contributed by atoms with Crippen LogP contribution < -0.4 is 10.1 Å². The minimum absolute atomic E-state index is 0.0357. The molecule has 34 heavy (non-hydrogen) atoms. The largest absolute Gasteiger partial charge is 0.488 e. The van der Waals surface area contributed by atoms with E-state index in [-0.39, 0.29) is 22.9 Å². The van der Waals surface area contributed by atoms with Crippen LogP contribution in [0.15, 0.2) is 41.3 Å². The molecule has 0 bridgehead atoms. The minimum Gasteiger partial charge on any atom is -0.488 e. The number of quaternary nitrogens is 1. The Morgan fingerprint density at radius 3 is 2.21 bits per heavy atom. The zero-order valence-electron chi connectivity index (χ0n) is 19.5. The van der Waals surface area contributed by atoms with Crippen molar-refractivity contribution in [2.45, 2.75) is 49.6 Å². The van der Waals surface area contributed by atoms with Gasteiger partial charge < -0.3 is 10.1 Å². The Bertz CT molecular complexity index is 1150. The number of hydrogen-bond donors (Lipinski definition) is 1. The maximum absolute atomic E-state index is 13.9. The molecule has 2 heterocycles. The van der Waals surface area contributed by atoms with Gasteiger partial charge in [-0.1, -0.05) is 23.2 Å². The Morgan fingerprint density at radius 2 is 1.62 bits per heavy atom. The molecule has 0 radical (unpaired) electrons. The van der Waals surface area contributed by atoms with E-state index < -0.39 is 9.84 Å². The molecule has 9 heteroatoms. The monoisotopic (exact) mass is 525 g/mol. The van der Waals surface area contributed by atoms with Crippen LogP contribution in [-0.4, -0.2) is 63.4 Å². The fourth-order valence-electron chi connectivity index (χ4n) is 5.17. The van der Waals surface area contributed by atoms with E-state index in [9.17, 15) is 13.2 Å². The molecule has 2 aliphatic rings. The van der Waals surface area contributed by atoms with Crippen LogP contribution in [0.4, 0.5) is 0 Å². The van der Waals surface area contributed by atoms with Crippen molar-refractivity contribution in [2.75, 3.05) is 32.4 Å². The van der Waals surface area contributed by atoms with Crippen molar-refractivity contribution in [3.8, 4) is 5.75 Å². The fourth-order valence-corrected chi connectivity index (χ4v) is 6.21. The van der Waals surface area contributed by atoms with Gasteiger partial charge >= 0.3 is 5.91 Å². The predicted octanol–water partition coefficient (Wildman–Crippen LogP) is 4.66. The lowest BCUT2D eigenvalue weighted by Crippen LogP contribution is -2.65. The van der Waals surface area contributed by atoms with Gasteiger partial charge in [-0.3, -0.25) is 4.48 Å². The van der Waals surface area contributed by atoms with E-state index in [4.69, 9.17) is 27.9 Å². The number of ether oxygens (including phenoxy) is 1. The molecule has 6 nitrogen and oxygen atoms in total. The molecule has 0 aliphatic carbocycles. The standard InChI is InChI=1S/C25H31Cl2N2O4S/c1-17-22(26)7-8-23(24(17)27)33-20-11-15-29(16-12-20,19-9-13-28-14-10-19)25(30)18-3-5-21(6-4-18)34(2,31)32/h3-8,19-20,28H,9-16H2,1-2H3/q+1. The summed E-state index contributed by atoms with van der Waals surface area (Å²) in [5, 5.41) is 4.53. The van der Waals surface area contributed by atoms with Crippen molar-refractivity contribution in [3.05, 3.63) is 57.6 Å². The molecule has 4 rings (SSSR count). The number of nitrogens with zero attached hydrogens (tertiary/aromatic N) is 1. The molecular formula is C25H31Cl2N2O4S+. The predicted molar refractivity (Wildman–Crippen MR) is 135 cm³/mol. The molecule has 2 fully saturated rings.